The van der Waals surface area contributed by atoms with Gasteiger partial charge in [-0.2, -0.15) is 0 Å². The van der Waals surface area contributed by atoms with Crippen LogP contribution < -0.4 is 5.32 Å². The summed E-state index contributed by atoms with van der Waals surface area (Å²) in [4.78, 5) is 0. The smallest absolute Gasteiger partial charge is 0.0799 e. The van der Waals surface area contributed by atoms with Crippen molar-refractivity contribution in [2.75, 3.05) is 6.54 Å². The van der Waals surface area contributed by atoms with Gasteiger partial charge in [0.2, 0.25) is 0 Å². The second-order valence-corrected chi connectivity index (χ2v) is 5.21. The lowest BCUT2D eigenvalue weighted by molar-refractivity contribution is -0.0430. The van der Waals surface area contributed by atoms with Crippen LogP contribution in [0.4, 0.5) is 0 Å². The Kier molecular flexibility index (Phi) is 3.13. The van der Waals surface area contributed by atoms with E-state index in [0.29, 0.717) is 12.0 Å². The van der Waals surface area contributed by atoms with Gasteiger partial charge in [0.15, 0.2) is 0 Å². The Labute approximate surface area is 87.1 Å². The maximum atomic E-state index is 10.6. The van der Waals surface area contributed by atoms with Crippen molar-refractivity contribution in [3.8, 4) is 0 Å². The maximum absolute atomic E-state index is 10.6. The number of hydrogen-bond acceptors (Lipinski definition) is 2. The van der Waals surface area contributed by atoms with Crippen LogP contribution >= 0.6 is 0 Å². The minimum atomic E-state index is -0.461. The molecule has 1 unspecified atom stereocenters. The van der Waals surface area contributed by atoms with Crippen LogP contribution in [-0.2, 0) is 0 Å². The van der Waals surface area contributed by atoms with Crippen molar-refractivity contribution >= 4 is 0 Å². The Hall–Kier alpha value is -0.0800. The monoisotopic (exact) mass is 197 g/mol. The van der Waals surface area contributed by atoms with E-state index in [1.807, 2.05) is 6.92 Å². The fraction of sp³-hybridized carbons (Fsp3) is 1.00. The molecule has 1 aliphatic carbocycles. The SMILES string of the molecule is CC(O)(C1CCCCC1)[C@@H]1CCCN1. The molecular weight excluding hydrogens is 174 g/mol. The molecule has 82 valence electrons. The molecule has 1 aliphatic heterocycles. The molecule has 0 spiro atoms. The predicted molar refractivity (Wildman–Crippen MR) is 58.2 cm³/mol. The molecular formula is C12H23NO. The average Bonchev–Trinajstić information content (AvgIpc) is 2.72. The fourth-order valence-electron chi connectivity index (χ4n) is 3.15. The quantitative estimate of drug-likeness (QED) is 0.710. The molecule has 0 amide bonds. The van der Waals surface area contributed by atoms with E-state index in [0.717, 1.165) is 13.0 Å². The molecule has 0 aromatic heterocycles. The summed E-state index contributed by atoms with van der Waals surface area (Å²) in [7, 11) is 0. The van der Waals surface area contributed by atoms with E-state index < -0.39 is 5.60 Å². The summed E-state index contributed by atoms with van der Waals surface area (Å²) >= 11 is 0. The Balaban J connectivity index is 1.97. The van der Waals surface area contributed by atoms with Crippen LogP contribution in [0.15, 0.2) is 0 Å². The minimum Gasteiger partial charge on any atom is -0.388 e. The number of rotatable bonds is 2. The van der Waals surface area contributed by atoms with Gasteiger partial charge < -0.3 is 10.4 Å². The molecule has 0 radical (unpaired) electrons. The average molecular weight is 197 g/mol. The molecule has 0 bridgehead atoms. The standard InChI is InChI=1S/C12H23NO/c1-12(14,11-8-5-9-13-11)10-6-3-2-4-7-10/h10-11,13-14H,2-9H2,1H3/t11-,12?/m0/s1. The lowest BCUT2D eigenvalue weighted by Crippen LogP contribution is -2.51. The maximum Gasteiger partial charge on any atom is 0.0799 e. The number of hydrogen-bond donors (Lipinski definition) is 2. The molecule has 2 heteroatoms. The van der Waals surface area contributed by atoms with Gasteiger partial charge in [-0.1, -0.05) is 19.3 Å². The lowest BCUT2D eigenvalue weighted by atomic mass is 9.74. The van der Waals surface area contributed by atoms with E-state index in [1.165, 1.54) is 38.5 Å². The van der Waals surface area contributed by atoms with E-state index in [2.05, 4.69) is 5.32 Å². The fourth-order valence-corrected chi connectivity index (χ4v) is 3.15. The number of aliphatic hydroxyl groups is 1. The minimum absolute atomic E-state index is 0.352. The van der Waals surface area contributed by atoms with Crippen molar-refractivity contribution in [2.45, 2.75) is 63.5 Å². The molecule has 2 atom stereocenters. The summed E-state index contributed by atoms with van der Waals surface area (Å²) in [5.41, 5.74) is -0.461. The highest BCUT2D eigenvalue weighted by molar-refractivity contribution is 4.96. The summed E-state index contributed by atoms with van der Waals surface area (Å²) in [5.74, 6) is 0.534. The summed E-state index contributed by atoms with van der Waals surface area (Å²) in [5, 5.41) is 14.0. The Bertz CT molecular complexity index is 179. The van der Waals surface area contributed by atoms with Crippen LogP contribution in [0.25, 0.3) is 0 Å². The zero-order valence-corrected chi connectivity index (χ0v) is 9.26. The van der Waals surface area contributed by atoms with Crippen LogP contribution in [-0.4, -0.2) is 23.3 Å². The Morgan fingerprint density at radius 1 is 1.07 bits per heavy atom. The first kappa shape index (κ1) is 10.4. The van der Waals surface area contributed by atoms with Gasteiger partial charge in [-0.15, -0.1) is 0 Å². The van der Waals surface area contributed by atoms with Crippen molar-refractivity contribution in [3.05, 3.63) is 0 Å². The second-order valence-electron chi connectivity index (χ2n) is 5.21. The third-order valence-electron chi connectivity index (χ3n) is 4.20. The first-order chi connectivity index (χ1) is 6.71. The summed E-state index contributed by atoms with van der Waals surface area (Å²) in [6.07, 6.45) is 8.83. The van der Waals surface area contributed by atoms with Crippen molar-refractivity contribution < 1.29 is 5.11 Å². The molecule has 2 rings (SSSR count). The number of nitrogens with one attached hydrogen (secondary N) is 1. The van der Waals surface area contributed by atoms with Gasteiger partial charge in [-0.25, -0.2) is 0 Å². The van der Waals surface area contributed by atoms with Crippen LogP contribution in [0, 0.1) is 5.92 Å². The lowest BCUT2D eigenvalue weighted by Gasteiger charge is -2.40. The summed E-state index contributed by atoms with van der Waals surface area (Å²) < 4.78 is 0. The molecule has 1 saturated heterocycles. The molecule has 0 aromatic rings. The van der Waals surface area contributed by atoms with Gasteiger partial charge in [-0.3, -0.25) is 0 Å². The highest BCUT2D eigenvalue weighted by Gasteiger charge is 2.40. The Morgan fingerprint density at radius 3 is 2.36 bits per heavy atom. The molecule has 2 N–H and O–H groups in total. The van der Waals surface area contributed by atoms with Crippen molar-refractivity contribution in [3.63, 3.8) is 0 Å². The normalized spacial score (nSPS) is 34.3. The van der Waals surface area contributed by atoms with E-state index in [4.69, 9.17) is 0 Å². The highest BCUT2D eigenvalue weighted by Crippen LogP contribution is 2.36. The van der Waals surface area contributed by atoms with E-state index in [1.54, 1.807) is 0 Å². The molecule has 1 saturated carbocycles. The van der Waals surface area contributed by atoms with Gasteiger partial charge in [0.1, 0.15) is 0 Å². The van der Waals surface area contributed by atoms with Crippen molar-refractivity contribution in [1.29, 1.82) is 0 Å². The first-order valence-corrected chi connectivity index (χ1v) is 6.17. The first-order valence-electron chi connectivity index (χ1n) is 6.17. The molecule has 1 heterocycles. The van der Waals surface area contributed by atoms with Gasteiger partial charge in [0.25, 0.3) is 0 Å². The van der Waals surface area contributed by atoms with Gasteiger partial charge in [0.05, 0.1) is 5.60 Å². The zero-order chi connectivity index (χ0) is 10.0. The zero-order valence-electron chi connectivity index (χ0n) is 9.26. The predicted octanol–water partition coefficient (Wildman–Crippen LogP) is 2.07. The summed E-state index contributed by atoms with van der Waals surface area (Å²) in [6.45, 7) is 3.14. The second kappa shape index (κ2) is 4.19. The third-order valence-corrected chi connectivity index (χ3v) is 4.20. The Morgan fingerprint density at radius 2 is 1.79 bits per heavy atom. The van der Waals surface area contributed by atoms with Gasteiger partial charge in [0, 0.05) is 6.04 Å². The van der Waals surface area contributed by atoms with E-state index in [-0.39, 0.29) is 0 Å². The third kappa shape index (κ3) is 1.96. The van der Waals surface area contributed by atoms with Crippen molar-refractivity contribution in [1.82, 2.24) is 5.32 Å². The van der Waals surface area contributed by atoms with Crippen LogP contribution in [0.5, 0.6) is 0 Å². The van der Waals surface area contributed by atoms with Crippen LogP contribution in [0.1, 0.15) is 51.9 Å². The van der Waals surface area contributed by atoms with E-state index >= 15 is 0 Å². The molecule has 2 fully saturated rings. The molecule has 2 aliphatic rings. The molecule has 2 nitrogen and oxygen atoms in total. The molecule has 14 heavy (non-hydrogen) atoms. The van der Waals surface area contributed by atoms with E-state index in [9.17, 15) is 5.11 Å². The van der Waals surface area contributed by atoms with Crippen molar-refractivity contribution in [2.24, 2.45) is 5.92 Å². The topological polar surface area (TPSA) is 32.3 Å². The van der Waals surface area contributed by atoms with Crippen LogP contribution in [0.2, 0.25) is 0 Å². The van der Waals surface area contributed by atoms with Gasteiger partial charge >= 0.3 is 0 Å². The largest absolute Gasteiger partial charge is 0.388 e. The highest BCUT2D eigenvalue weighted by atomic mass is 16.3. The summed E-state index contributed by atoms with van der Waals surface area (Å²) in [6, 6.07) is 0.352. The van der Waals surface area contributed by atoms with Gasteiger partial charge in [-0.05, 0) is 45.1 Å². The molecule has 0 aromatic carbocycles. The van der Waals surface area contributed by atoms with Crippen LogP contribution in [0.3, 0.4) is 0 Å².